The number of rotatable bonds is 21. The molecule has 0 fully saturated rings. The highest BCUT2D eigenvalue weighted by molar-refractivity contribution is 7.48. The molecule has 3 unspecified atom stereocenters. The van der Waals surface area contributed by atoms with Gasteiger partial charge < -0.3 is 23.7 Å². The Morgan fingerprint density at radius 3 is 1.75 bits per heavy atom. The van der Waals surface area contributed by atoms with E-state index in [0.29, 0.717) is 19.4 Å². The summed E-state index contributed by atoms with van der Waals surface area (Å²) in [6, 6.07) is 29.0. The van der Waals surface area contributed by atoms with Crippen LogP contribution in [0.15, 0.2) is 103 Å². The topological polar surface area (TPSA) is 108 Å². The van der Waals surface area contributed by atoms with Crippen LogP contribution in [-0.4, -0.2) is 44.3 Å². The first kappa shape index (κ1) is 40.4. The van der Waals surface area contributed by atoms with E-state index in [1.54, 1.807) is 20.8 Å². The summed E-state index contributed by atoms with van der Waals surface area (Å²) in [4.78, 5) is 13.6. The summed E-state index contributed by atoms with van der Waals surface area (Å²) in [5.41, 5.74) is 1.83. The lowest BCUT2D eigenvalue weighted by Crippen LogP contribution is -2.47. The summed E-state index contributed by atoms with van der Waals surface area (Å²) < 4.78 is 63.8. The van der Waals surface area contributed by atoms with E-state index in [1.165, 1.54) is 0 Å². The molecule has 3 aromatic carbocycles. The molecular formula is C40H53O10P. The van der Waals surface area contributed by atoms with Crippen LogP contribution in [0, 0.1) is 5.41 Å². The van der Waals surface area contributed by atoms with Crippen molar-refractivity contribution in [2.24, 2.45) is 5.41 Å². The fraction of sp³-hybridized carbons (Fsp3) is 0.475. The molecule has 0 bridgehead atoms. The third-order valence-electron chi connectivity index (χ3n) is 7.79. The Labute approximate surface area is 302 Å². The lowest BCUT2D eigenvalue weighted by atomic mass is 9.97. The number of carbonyl (C=O) groups excluding carboxylic acids is 1. The Morgan fingerprint density at radius 1 is 0.725 bits per heavy atom. The SMILES string of the molecule is CCCCOP(=O)(OCCCC)OC1OC(COCc2ccccc2)C(OCc2ccccc2)C(OCc2ccccc2)=C1OC(=O)C(C)(C)C. The summed E-state index contributed by atoms with van der Waals surface area (Å²) in [7, 11) is -4.24. The number of ether oxygens (including phenoxy) is 5. The summed E-state index contributed by atoms with van der Waals surface area (Å²) in [5.74, 6) is -0.544. The van der Waals surface area contributed by atoms with Gasteiger partial charge in [-0.15, -0.1) is 0 Å². The monoisotopic (exact) mass is 724 g/mol. The fourth-order valence-corrected chi connectivity index (χ4v) is 6.11. The van der Waals surface area contributed by atoms with Crippen molar-refractivity contribution in [1.29, 1.82) is 0 Å². The van der Waals surface area contributed by atoms with Gasteiger partial charge in [-0.2, -0.15) is 0 Å². The van der Waals surface area contributed by atoms with Crippen molar-refractivity contribution in [2.45, 2.75) is 98.6 Å². The maximum atomic E-state index is 14.2. The van der Waals surface area contributed by atoms with E-state index in [1.807, 2.05) is 105 Å². The number of hydrogen-bond donors (Lipinski definition) is 0. The van der Waals surface area contributed by atoms with E-state index in [4.69, 9.17) is 37.3 Å². The second-order valence-electron chi connectivity index (χ2n) is 13.3. The molecule has 0 spiro atoms. The number of unbranched alkanes of at least 4 members (excludes halogenated alkanes) is 2. The summed E-state index contributed by atoms with van der Waals surface area (Å²) in [6.45, 7) is 10.1. The maximum absolute atomic E-state index is 14.2. The second kappa shape index (κ2) is 20.6. The molecule has 51 heavy (non-hydrogen) atoms. The average molecular weight is 725 g/mol. The average Bonchev–Trinajstić information content (AvgIpc) is 3.12. The van der Waals surface area contributed by atoms with Gasteiger partial charge in [0, 0.05) is 0 Å². The van der Waals surface area contributed by atoms with Gasteiger partial charge in [-0.3, -0.25) is 13.8 Å². The van der Waals surface area contributed by atoms with Gasteiger partial charge in [-0.1, -0.05) is 118 Å². The molecule has 0 aromatic heterocycles. The first-order valence-electron chi connectivity index (χ1n) is 17.7. The Kier molecular flexibility index (Phi) is 16.4. The van der Waals surface area contributed by atoms with Crippen LogP contribution in [0.25, 0.3) is 0 Å². The lowest BCUT2D eigenvalue weighted by molar-refractivity contribution is -0.212. The van der Waals surface area contributed by atoms with Crippen LogP contribution in [0.2, 0.25) is 0 Å². The first-order chi connectivity index (χ1) is 24.6. The lowest BCUT2D eigenvalue weighted by Gasteiger charge is -2.39. The minimum absolute atomic E-state index is 0.0323. The molecule has 0 saturated carbocycles. The number of hydrogen-bond acceptors (Lipinski definition) is 10. The smallest absolute Gasteiger partial charge is 0.477 e. The fourth-order valence-electron chi connectivity index (χ4n) is 4.82. The Bertz CT molecular complexity index is 1510. The maximum Gasteiger partial charge on any atom is 0.477 e. The molecule has 3 aromatic rings. The molecule has 278 valence electrons. The summed E-state index contributed by atoms with van der Waals surface area (Å²) in [5, 5.41) is 0. The molecule has 1 heterocycles. The van der Waals surface area contributed by atoms with E-state index in [-0.39, 0.29) is 44.6 Å². The molecule has 4 rings (SSSR count). The van der Waals surface area contributed by atoms with Crippen molar-refractivity contribution in [3.63, 3.8) is 0 Å². The van der Waals surface area contributed by atoms with Crippen molar-refractivity contribution < 1.29 is 46.6 Å². The van der Waals surface area contributed by atoms with E-state index >= 15 is 0 Å². The van der Waals surface area contributed by atoms with Gasteiger partial charge in [0.25, 0.3) is 0 Å². The summed E-state index contributed by atoms with van der Waals surface area (Å²) >= 11 is 0. The standard InChI is InChI=1S/C40H53O10P/c1-6-8-25-46-51(42,47-26-9-7-2)50-38-37(49-39(41)40(3,4)5)36(45-29-33-23-17-12-18-24-33)35(44-28-32-21-15-11-16-22-32)34(48-38)30-43-27-31-19-13-10-14-20-31/h10-24,34-35,38H,6-9,25-30H2,1-5H3. The van der Waals surface area contributed by atoms with Crippen LogP contribution in [0.3, 0.4) is 0 Å². The predicted molar refractivity (Wildman–Crippen MR) is 194 cm³/mol. The van der Waals surface area contributed by atoms with Gasteiger partial charge in [0.2, 0.25) is 12.0 Å². The van der Waals surface area contributed by atoms with Crippen LogP contribution >= 0.6 is 7.82 Å². The van der Waals surface area contributed by atoms with Gasteiger partial charge >= 0.3 is 13.8 Å². The zero-order valence-corrected chi connectivity index (χ0v) is 31.4. The summed E-state index contributed by atoms with van der Waals surface area (Å²) in [6.07, 6.45) is -0.427. The van der Waals surface area contributed by atoms with Gasteiger partial charge in [0.1, 0.15) is 18.8 Å². The highest BCUT2D eigenvalue weighted by atomic mass is 31.2. The van der Waals surface area contributed by atoms with Crippen molar-refractivity contribution in [1.82, 2.24) is 0 Å². The van der Waals surface area contributed by atoms with Gasteiger partial charge in [0.15, 0.2) is 5.76 Å². The molecule has 3 atom stereocenters. The third kappa shape index (κ3) is 13.3. The van der Waals surface area contributed by atoms with Crippen LogP contribution in [0.5, 0.6) is 0 Å². The number of esters is 1. The molecule has 11 heteroatoms. The Hall–Kier alpha value is -3.34. The normalized spacial score (nSPS) is 18.1. The number of benzene rings is 3. The van der Waals surface area contributed by atoms with Gasteiger partial charge in [-0.05, 0) is 50.3 Å². The van der Waals surface area contributed by atoms with Gasteiger partial charge in [0.05, 0.1) is 38.4 Å². The van der Waals surface area contributed by atoms with Crippen molar-refractivity contribution >= 4 is 13.8 Å². The molecule has 0 aliphatic carbocycles. The van der Waals surface area contributed by atoms with E-state index in [9.17, 15) is 9.36 Å². The predicted octanol–water partition coefficient (Wildman–Crippen LogP) is 9.29. The number of phosphoric acid groups is 1. The number of carbonyl (C=O) groups is 1. The molecular weight excluding hydrogens is 671 g/mol. The highest BCUT2D eigenvalue weighted by Gasteiger charge is 2.47. The first-order valence-corrected chi connectivity index (χ1v) is 19.2. The van der Waals surface area contributed by atoms with Crippen molar-refractivity contribution in [2.75, 3.05) is 19.8 Å². The third-order valence-corrected chi connectivity index (χ3v) is 9.24. The minimum Gasteiger partial charge on any atom is -0.487 e. The molecule has 1 aliphatic heterocycles. The van der Waals surface area contributed by atoms with Crippen molar-refractivity contribution in [3.8, 4) is 0 Å². The largest absolute Gasteiger partial charge is 0.487 e. The van der Waals surface area contributed by atoms with Crippen LogP contribution in [0.1, 0.15) is 77.0 Å². The van der Waals surface area contributed by atoms with Crippen LogP contribution in [0.4, 0.5) is 0 Å². The number of phosphoric ester groups is 1. The van der Waals surface area contributed by atoms with E-state index < -0.39 is 37.7 Å². The van der Waals surface area contributed by atoms with E-state index in [2.05, 4.69) is 0 Å². The van der Waals surface area contributed by atoms with E-state index in [0.717, 1.165) is 29.5 Å². The molecule has 10 nitrogen and oxygen atoms in total. The molecule has 1 aliphatic rings. The Balaban J connectivity index is 1.79. The van der Waals surface area contributed by atoms with Crippen LogP contribution in [-0.2, 0) is 66.4 Å². The zero-order valence-electron chi connectivity index (χ0n) is 30.5. The van der Waals surface area contributed by atoms with Crippen LogP contribution < -0.4 is 0 Å². The van der Waals surface area contributed by atoms with Gasteiger partial charge in [-0.25, -0.2) is 9.09 Å². The van der Waals surface area contributed by atoms with Crippen molar-refractivity contribution in [3.05, 3.63) is 119 Å². The second-order valence-corrected chi connectivity index (χ2v) is 14.9. The highest BCUT2D eigenvalue weighted by Crippen LogP contribution is 2.53. The zero-order chi connectivity index (χ0) is 36.5. The molecule has 0 saturated heterocycles. The molecule has 0 radical (unpaired) electrons. The molecule has 0 amide bonds. The quantitative estimate of drug-likeness (QED) is 0.0599. The molecule has 0 N–H and O–H groups in total. The Morgan fingerprint density at radius 2 is 1.24 bits per heavy atom. The minimum atomic E-state index is -4.24.